The summed E-state index contributed by atoms with van der Waals surface area (Å²) in [5, 5.41) is 8.73. The first-order valence-corrected chi connectivity index (χ1v) is 4.59. The van der Waals surface area contributed by atoms with Crippen LogP contribution >= 0.6 is 15.9 Å². The molecule has 1 aromatic carbocycles. The van der Waals surface area contributed by atoms with Crippen LogP contribution in [0.15, 0.2) is 28.7 Å². The van der Waals surface area contributed by atoms with Gasteiger partial charge in [0.1, 0.15) is 0 Å². The molecule has 0 aliphatic rings. The Balaban J connectivity index is 2.86. The van der Waals surface area contributed by atoms with Gasteiger partial charge in [0, 0.05) is 4.47 Å². The fourth-order valence-corrected chi connectivity index (χ4v) is 1.30. The zero-order valence-electron chi connectivity index (χ0n) is 6.75. The molecule has 0 aromatic heterocycles. The van der Waals surface area contributed by atoms with Crippen LogP contribution in [-0.2, 0) is 0 Å². The van der Waals surface area contributed by atoms with E-state index in [4.69, 9.17) is 5.11 Å². The number of hydrogen-bond acceptors (Lipinski definition) is 1. The van der Waals surface area contributed by atoms with E-state index in [1.807, 2.05) is 0 Å². The Morgan fingerprint density at radius 1 is 1.23 bits per heavy atom. The second kappa shape index (κ2) is 4.67. The monoisotopic (exact) mass is 250 g/mol. The molecule has 72 valence electrons. The molecule has 0 saturated carbocycles. The summed E-state index contributed by atoms with van der Waals surface area (Å²) in [6.07, 6.45) is -2.52. The van der Waals surface area contributed by atoms with E-state index in [0.29, 0.717) is 5.56 Å². The van der Waals surface area contributed by atoms with Crippen LogP contribution in [0.3, 0.4) is 0 Å². The van der Waals surface area contributed by atoms with Crippen molar-refractivity contribution in [3.63, 3.8) is 0 Å². The van der Waals surface area contributed by atoms with Gasteiger partial charge < -0.3 is 5.11 Å². The second-order valence-electron chi connectivity index (χ2n) is 2.68. The Kier molecular flexibility index (Phi) is 3.81. The van der Waals surface area contributed by atoms with Crippen molar-refractivity contribution in [1.29, 1.82) is 0 Å². The van der Waals surface area contributed by atoms with Gasteiger partial charge in [-0.1, -0.05) is 28.1 Å². The third-order valence-corrected chi connectivity index (χ3v) is 2.33. The lowest BCUT2D eigenvalue weighted by Gasteiger charge is -2.12. The average molecular weight is 251 g/mol. The van der Waals surface area contributed by atoms with Crippen LogP contribution in [0, 0.1) is 0 Å². The first-order chi connectivity index (χ1) is 6.15. The molecule has 0 radical (unpaired) electrons. The molecule has 13 heavy (non-hydrogen) atoms. The molecule has 1 aromatic rings. The number of aliphatic hydroxyl groups is 1. The van der Waals surface area contributed by atoms with Gasteiger partial charge >= 0.3 is 0 Å². The summed E-state index contributed by atoms with van der Waals surface area (Å²) in [5.41, 5.74) is 0.459. The summed E-state index contributed by atoms with van der Waals surface area (Å²) < 4.78 is 25.5. The highest BCUT2D eigenvalue weighted by Crippen LogP contribution is 2.24. The maximum absolute atomic E-state index is 12.3. The molecular weight excluding hydrogens is 242 g/mol. The highest BCUT2D eigenvalue weighted by atomic mass is 79.9. The third-order valence-electron chi connectivity index (χ3n) is 1.80. The van der Waals surface area contributed by atoms with Gasteiger partial charge in [0.15, 0.2) is 0 Å². The summed E-state index contributed by atoms with van der Waals surface area (Å²) in [4.78, 5) is 0. The van der Waals surface area contributed by atoms with Gasteiger partial charge in [0.05, 0.1) is 12.5 Å². The van der Waals surface area contributed by atoms with Crippen molar-refractivity contribution >= 4 is 15.9 Å². The lowest BCUT2D eigenvalue weighted by molar-refractivity contribution is 0.0811. The fourth-order valence-electron chi connectivity index (χ4n) is 1.04. The number of benzene rings is 1. The average Bonchev–Trinajstić information content (AvgIpc) is 2.09. The van der Waals surface area contributed by atoms with E-state index < -0.39 is 19.0 Å². The molecule has 0 fully saturated rings. The minimum atomic E-state index is -2.52. The van der Waals surface area contributed by atoms with Gasteiger partial charge in [0.2, 0.25) is 6.43 Å². The molecule has 1 atom stereocenters. The predicted molar refractivity (Wildman–Crippen MR) is 50.0 cm³/mol. The summed E-state index contributed by atoms with van der Waals surface area (Å²) in [7, 11) is 0. The molecule has 4 heteroatoms. The third kappa shape index (κ3) is 2.74. The topological polar surface area (TPSA) is 20.2 Å². The number of rotatable bonds is 3. The van der Waals surface area contributed by atoms with E-state index in [-0.39, 0.29) is 0 Å². The maximum Gasteiger partial charge on any atom is 0.247 e. The molecule has 1 unspecified atom stereocenters. The highest BCUT2D eigenvalue weighted by molar-refractivity contribution is 9.10. The summed E-state index contributed by atoms with van der Waals surface area (Å²) >= 11 is 3.20. The van der Waals surface area contributed by atoms with Gasteiger partial charge in [-0.05, 0) is 17.7 Å². The number of halogens is 3. The summed E-state index contributed by atoms with van der Waals surface area (Å²) in [6.45, 7) is -0.528. The van der Waals surface area contributed by atoms with Gasteiger partial charge in [-0.3, -0.25) is 0 Å². The van der Waals surface area contributed by atoms with Crippen LogP contribution in [0.25, 0.3) is 0 Å². The fraction of sp³-hybridized carbons (Fsp3) is 0.333. The van der Waals surface area contributed by atoms with E-state index in [2.05, 4.69) is 15.9 Å². The Bertz CT molecular complexity index is 261. The molecule has 0 amide bonds. The van der Waals surface area contributed by atoms with Crippen molar-refractivity contribution in [2.45, 2.75) is 12.3 Å². The van der Waals surface area contributed by atoms with E-state index in [1.165, 1.54) is 0 Å². The first kappa shape index (κ1) is 10.6. The lowest BCUT2D eigenvalue weighted by atomic mass is 10.0. The molecule has 0 heterocycles. The zero-order chi connectivity index (χ0) is 9.84. The van der Waals surface area contributed by atoms with Crippen molar-refractivity contribution in [2.75, 3.05) is 6.61 Å². The number of hydrogen-bond donors (Lipinski definition) is 1. The normalized spacial score (nSPS) is 13.3. The van der Waals surface area contributed by atoms with Crippen LogP contribution in [-0.4, -0.2) is 18.1 Å². The molecule has 0 spiro atoms. The Morgan fingerprint density at radius 2 is 1.77 bits per heavy atom. The van der Waals surface area contributed by atoms with E-state index in [1.54, 1.807) is 24.3 Å². The van der Waals surface area contributed by atoms with E-state index in [0.717, 1.165) is 4.47 Å². The van der Waals surface area contributed by atoms with Gasteiger partial charge in [-0.25, -0.2) is 8.78 Å². The van der Waals surface area contributed by atoms with Crippen molar-refractivity contribution in [3.05, 3.63) is 34.3 Å². The van der Waals surface area contributed by atoms with E-state index in [9.17, 15) is 8.78 Å². The van der Waals surface area contributed by atoms with Crippen LogP contribution < -0.4 is 0 Å². The number of alkyl halides is 2. The molecule has 0 aliphatic carbocycles. The molecule has 0 saturated heterocycles. The standard InChI is InChI=1S/C9H9BrF2O/c10-7-3-1-6(2-4-7)8(5-13)9(11)12/h1-4,8-9,13H,5H2. The van der Waals surface area contributed by atoms with Gasteiger partial charge in [-0.15, -0.1) is 0 Å². The lowest BCUT2D eigenvalue weighted by Crippen LogP contribution is -2.13. The minimum absolute atomic E-state index is 0.459. The highest BCUT2D eigenvalue weighted by Gasteiger charge is 2.20. The summed E-state index contributed by atoms with van der Waals surface area (Å²) in [6, 6.07) is 6.52. The summed E-state index contributed by atoms with van der Waals surface area (Å²) in [5.74, 6) is -1.08. The second-order valence-corrected chi connectivity index (χ2v) is 3.59. The maximum atomic E-state index is 12.3. The van der Waals surface area contributed by atoms with Crippen molar-refractivity contribution < 1.29 is 13.9 Å². The van der Waals surface area contributed by atoms with Gasteiger partial charge in [0.25, 0.3) is 0 Å². The molecular formula is C9H9BrF2O. The zero-order valence-corrected chi connectivity index (χ0v) is 8.34. The Hall–Kier alpha value is -0.480. The molecule has 0 bridgehead atoms. The quantitative estimate of drug-likeness (QED) is 0.875. The predicted octanol–water partition coefficient (Wildman–Crippen LogP) is 2.79. The Morgan fingerprint density at radius 3 is 2.15 bits per heavy atom. The van der Waals surface area contributed by atoms with Gasteiger partial charge in [-0.2, -0.15) is 0 Å². The SMILES string of the molecule is OCC(c1ccc(Br)cc1)C(F)F. The smallest absolute Gasteiger partial charge is 0.247 e. The molecule has 1 N–H and O–H groups in total. The number of aliphatic hydroxyl groups excluding tert-OH is 1. The van der Waals surface area contributed by atoms with Crippen LogP contribution in [0.5, 0.6) is 0 Å². The molecule has 0 aliphatic heterocycles. The van der Waals surface area contributed by atoms with Crippen LogP contribution in [0.1, 0.15) is 11.5 Å². The first-order valence-electron chi connectivity index (χ1n) is 3.79. The van der Waals surface area contributed by atoms with Crippen molar-refractivity contribution in [2.24, 2.45) is 0 Å². The van der Waals surface area contributed by atoms with Crippen LogP contribution in [0.4, 0.5) is 8.78 Å². The molecule has 1 nitrogen and oxygen atoms in total. The minimum Gasteiger partial charge on any atom is -0.396 e. The molecule has 1 rings (SSSR count). The van der Waals surface area contributed by atoms with Crippen molar-refractivity contribution in [1.82, 2.24) is 0 Å². The van der Waals surface area contributed by atoms with Crippen LogP contribution in [0.2, 0.25) is 0 Å². The van der Waals surface area contributed by atoms with Crippen molar-refractivity contribution in [3.8, 4) is 0 Å². The van der Waals surface area contributed by atoms with E-state index >= 15 is 0 Å². The largest absolute Gasteiger partial charge is 0.396 e. The Labute approximate surface area is 83.5 Å².